The minimum atomic E-state index is -0.988. The Balaban J connectivity index is 2.96. The number of hydrogen-bond donors (Lipinski definition) is 2. The Bertz CT molecular complexity index is 410. The molecule has 0 aliphatic carbocycles. The first kappa shape index (κ1) is 12.2. The molecule has 4 nitrogen and oxygen atoms in total. The second-order valence-corrected chi connectivity index (χ2v) is 3.22. The van der Waals surface area contributed by atoms with Crippen molar-refractivity contribution < 1.29 is 18.3 Å². The van der Waals surface area contributed by atoms with Gasteiger partial charge >= 0.3 is 0 Å². The van der Waals surface area contributed by atoms with Gasteiger partial charge in [0.15, 0.2) is 17.7 Å². The summed E-state index contributed by atoms with van der Waals surface area (Å²) < 4.78 is 31.2. The second kappa shape index (κ2) is 4.78. The van der Waals surface area contributed by atoms with Crippen LogP contribution in [0.25, 0.3) is 0 Å². The fourth-order valence-electron chi connectivity index (χ4n) is 1.13. The van der Waals surface area contributed by atoms with Gasteiger partial charge in [-0.25, -0.2) is 8.78 Å². The van der Waals surface area contributed by atoms with Crippen molar-refractivity contribution in [3.05, 3.63) is 23.8 Å². The van der Waals surface area contributed by atoms with Gasteiger partial charge in [0.1, 0.15) is 5.82 Å². The molecular weight excluding hydrogens is 218 g/mol. The van der Waals surface area contributed by atoms with Crippen molar-refractivity contribution in [3.63, 3.8) is 0 Å². The Morgan fingerprint density at radius 3 is 2.56 bits per heavy atom. The van der Waals surface area contributed by atoms with Crippen molar-refractivity contribution in [2.75, 3.05) is 5.73 Å². The summed E-state index contributed by atoms with van der Waals surface area (Å²) in [6.07, 6.45) is -0.724. The largest absolute Gasteiger partial charge is 0.477 e. The van der Waals surface area contributed by atoms with Gasteiger partial charge in [-0.1, -0.05) is 6.92 Å². The van der Waals surface area contributed by atoms with Gasteiger partial charge in [-0.3, -0.25) is 4.79 Å². The number of anilines is 1. The van der Waals surface area contributed by atoms with Gasteiger partial charge in [-0.2, -0.15) is 0 Å². The molecule has 0 saturated carbocycles. The van der Waals surface area contributed by atoms with Crippen LogP contribution in [-0.4, -0.2) is 12.0 Å². The number of benzene rings is 1. The van der Waals surface area contributed by atoms with Crippen molar-refractivity contribution in [3.8, 4) is 5.75 Å². The predicted octanol–water partition coefficient (Wildman–Crippen LogP) is 1.19. The minimum Gasteiger partial charge on any atom is -0.477 e. The normalized spacial score (nSPS) is 12.2. The molecule has 1 rings (SSSR count). The summed E-state index contributed by atoms with van der Waals surface area (Å²) >= 11 is 0. The molecule has 0 saturated heterocycles. The first-order valence-electron chi connectivity index (χ1n) is 4.66. The quantitative estimate of drug-likeness (QED) is 0.762. The number of carbonyl (C=O) groups excluding carboxylic acids is 1. The van der Waals surface area contributed by atoms with E-state index in [1.54, 1.807) is 6.92 Å². The van der Waals surface area contributed by atoms with Crippen molar-refractivity contribution in [1.82, 2.24) is 0 Å². The Hall–Kier alpha value is -1.85. The molecule has 0 spiro atoms. The molecule has 1 unspecified atom stereocenters. The fourth-order valence-corrected chi connectivity index (χ4v) is 1.13. The molecule has 16 heavy (non-hydrogen) atoms. The van der Waals surface area contributed by atoms with Crippen molar-refractivity contribution in [2.24, 2.45) is 5.73 Å². The molecule has 0 bridgehead atoms. The third-order valence-electron chi connectivity index (χ3n) is 2.01. The van der Waals surface area contributed by atoms with Crippen LogP contribution >= 0.6 is 0 Å². The van der Waals surface area contributed by atoms with Gasteiger partial charge in [0.25, 0.3) is 5.91 Å². The van der Waals surface area contributed by atoms with E-state index in [9.17, 15) is 13.6 Å². The molecule has 88 valence electrons. The molecule has 0 aliphatic heterocycles. The lowest BCUT2D eigenvalue weighted by molar-refractivity contribution is -0.124. The van der Waals surface area contributed by atoms with Gasteiger partial charge in [0, 0.05) is 12.1 Å². The number of amides is 1. The highest BCUT2D eigenvalue weighted by Gasteiger charge is 2.18. The topological polar surface area (TPSA) is 78.3 Å². The van der Waals surface area contributed by atoms with E-state index in [0.29, 0.717) is 0 Å². The van der Waals surface area contributed by atoms with Crippen LogP contribution in [0, 0.1) is 11.6 Å². The Morgan fingerprint density at radius 1 is 1.44 bits per heavy atom. The van der Waals surface area contributed by atoms with E-state index in [4.69, 9.17) is 16.2 Å². The number of halogens is 2. The van der Waals surface area contributed by atoms with E-state index < -0.39 is 23.6 Å². The lowest BCUT2D eigenvalue weighted by atomic mass is 10.2. The average Bonchev–Trinajstić information content (AvgIpc) is 2.21. The highest BCUT2D eigenvalue weighted by atomic mass is 19.1. The first-order chi connectivity index (χ1) is 7.45. The summed E-state index contributed by atoms with van der Waals surface area (Å²) in [6.45, 7) is 1.64. The zero-order valence-corrected chi connectivity index (χ0v) is 8.67. The highest BCUT2D eigenvalue weighted by molar-refractivity contribution is 5.79. The second-order valence-electron chi connectivity index (χ2n) is 3.22. The number of nitrogen functional groups attached to an aromatic ring is 1. The van der Waals surface area contributed by atoms with E-state index in [1.165, 1.54) is 0 Å². The third-order valence-corrected chi connectivity index (χ3v) is 2.01. The van der Waals surface area contributed by atoms with Crippen LogP contribution in [0.1, 0.15) is 13.3 Å². The molecule has 1 aromatic rings. The highest BCUT2D eigenvalue weighted by Crippen LogP contribution is 2.24. The van der Waals surface area contributed by atoms with Crippen molar-refractivity contribution in [1.29, 1.82) is 0 Å². The van der Waals surface area contributed by atoms with Gasteiger partial charge in [-0.05, 0) is 6.42 Å². The monoisotopic (exact) mass is 230 g/mol. The minimum absolute atomic E-state index is 0.265. The maximum Gasteiger partial charge on any atom is 0.258 e. The third kappa shape index (κ3) is 2.59. The number of nitrogens with two attached hydrogens (primary N) is 2. The summed E-state index contributed by atoms with van der Waals surface area (Å²) in [5.41, 5.74) is 9.84. The molecule has 0 heterocycles. The van der Waals surface area contributed by atoms with Crippen molar-refractivity contribution >= 4 is 11.6 Å². The van der Waals surface area contributed by atoms with E-state index in [0.717, 1.165) is 12.1 Å². The zero-order chi connectivity index (χ0) is 12.3. The smallest absolute Gasteiger partial charge is 0.258 e. The summed E-state index contributed by atoms with van der Waals surface area (Å²) in [7, 11) is 0. The van der Waals surface area contributed by atoms with E-state index >= 15 is 0 Å². The first-order valence-corrected chi connectivity index (χ1v) is 4.66. The number of carbonyl (C=O) groups is 1. The van der Waals surface area contributed by atoms with Gasteiger partial charge in [0.2, 0.25) is 0 Å². The molecule has 6 heteroatoms. The predicted molar refractivity (Wildman–Crippen MR) is 54.7 cm³/mol. The SMILES string of the molecule is CCC(Oc1cc(F)c(N)cc1F)C(N)=O. The van der Waals surface area contributed by atoms with Crippen LogP contribution in [0.5, 0.6) is 5.75 Å². The molecule has 1 amide bonds. The molecular formula is C10H12F2N2O2. The van der Waals surface area contributed by atoms with E-state index in [2.05, 4.69) is 0 Å². The van der Waals surface area contributed by atoms with E-state index in [-0.39, 0.29) is 17.9 Å². The summed E-state index contributed by atoms with van der Waals surface area (Å²) in [5.74, 6) is -2.76. The molecule has 1 atom stereocenters. The molecule has 1 aromatic carbocycles. The van der Waals surface area contributed by atoms with Crippen LogP contribution in [0.15, 0.2) is 12.1 Å². The van der Waals surface area contributed by atoms with Crippen LogP contribution in [0.3, 0.4) is 0 Å². The summed E-state index contributed by atoms with van der Waals surface area (Å²) in [6, 6.07) is 1.58. The van der Waals surface area contributed by atoms with Crippen LogP contribution < -0.4 is 16.2 Å². The molecule has 0 radical (unpaired) electrons. The number of rotatable bonds is 4. The molecule has 0 aliphatic rings. The lowest BCUT2D eigenvalue weighted by Gasteiger charge is -2.14. The summed E-state index contributed by atoms with van der Waals surface area (Å²) in [5, 5.41) is 0. The van der Waals surface area contributed by atoms with Crippen LogP contribution in [0.4, 0.5) is 14.5 Å². The number of primary amides is 1. The number of hydrogen-bond acceptors (Lipinski definition) is 3. The Kier molecular flexibility index (Phi) is 3.65. The maximum absolute atomic E-state index is 13.3. The zero-order valence-electron chi connectivity index (χ0n) is 8.67. The lowest BCUT2D eigenvalue weighted by Crippen LogP contribution is -2.33. The van der Waals surface area contributed by atoms with E-state index in [1.807, 2.05) is 0 Å². The Morgan fingerprint density at radius 2 is 2.06 bits per heavy atom. The fraction of sp³-hybridized carbons (Fsp3) is 0.300. The molecule has 0 fully saturated rings. The van der Waals surface area contributed by atoms with Crippen molar-refractivity contribution in [2.45, 2.75) is 19.4 Å². The summed E-state index contributed by atoms with van der Waals surface area (Å²) in [4.78, 5) is 10.9. The molecule has 0 aromatic heterocycles. The Labute approximate surface area is 91.2 Å². The maximum atomic E-state index is 13.3. The average molecular weight is 230 g/mol. The van der Waals surface area contributed by atoms with Gasteiger partial charge in [-0.15, -0.1) is 0 Å². The van der Waals surface area contributed by atoms with Crippen LogP contribution in [0.2, 0.25) is 0 Å². The van der Waals surface area contributed by atoms with Crippen LogP contribution in [-0.2, 0) is 4.79 Å². The van der Waals surface area contributed by atoms with Gasteiger partial charge < -0.3 is 16.2 Å². The standard InChI is InChI=1S/C10H12F2N2O2/c1-2-8(10(14)15)16-9-4-5(11)7(13)3-6(9)12/h3-4,8H,2,13H2,1H3,(H2,14,15). The number of ether oxygens (including phenoxy) is 1. The molecule has 4 N–H and O–H groups in total. The van der Waals surface area contributed by atoms with Gasteiger partial charge in [0.05, 0.1) is 5.69 Å².